The molecule has 9 heavy (non-hydrogen) atoms. The average Bonchev–Trinajstić information content (AvgIpc) is 1.14. The summed E-state index contributed by atoms with van der Waals surface area (Å²) in [6.07, 6.45) is 0. The van der Waals surface area contributed by atoms with Crippen molar-refractivity contribution in [2.75, 3.05) is 0 Å². The molecule has 56 valence electrons. The van der Waals surface area contributed by atoms with Crippen LogP contribution in [0.4, 0.5) is 0 Å². The lowest BCUT2D eigenvalue weighted by Gasteiger charge is -2.24. The normalized spacial score (nSPS) is 14.0. The highest BCUT2D eigenvalue weighted by Crippen LogP contribution is 2.24. The predicted molar refractivity (Wildman–Crippen MR) is 55.3 cm³/mol. The molecular formula is C6H19PSi2. The first-order valence-corrected chi connectivity index (χ1v) is 12.2. The molecule has 0 bridgehead atoms. The summed E-state index contributed by atoms with van der Waals surface area (Å²) in [5.74, 6) is 0. The lowest BCUT2D eigenvalue weighted by molar-refractivity contribution is 1.58. The van der Waals surface area contributed by atoms with Crippen molar-refractivity contribution in [3.8, 4) is 0 Å². The van der Waals surface area contributed by atoms with Crippen molar-refractivity contribution in [2.24, 2.45) is 0 Å². The molecule has 0 aromatic heterocycles. The molecule has 0 saturated carbocycles. The van der Waals surface area contributed by atoms with E-state index in [1.165, 1.54) is 5.67 Å². The molecule has 0 fully saturated rings. The van der Waals surface area contributed by atoms with Crippen LogP contribution in [0.3, 0.4) is 0 Å². The molecule has 0 spiro atoms. The summed E-state index contributed by atoms with van der Waals surface area (Å²) < 4.78 is 0. The number of hydrogen-bond acceptors (Lipinski definition) is 0. The standard InChI is InChI=1S/C6H19PSi2/c1-8(2,3)6-9(4,5)7/h6-7H2,1-5H3. The average molecular weight is 178 g/mol. The molecule has 0 N–H and O–H groups in total. The second-order valence-electron chi connectivity index (χ2n) is 4.73. The summed E-state index contributed by atoms with van der Waals surface area (Å²) in [7, 11) is 1.49. The van der Waals surface area contributed by atoms with E-state index in [4.69, 9.17) is 0 Å². The molecule has 0 aromatic rings. The molecule has 0 aliphatic carbocycles. The Bertz CT molecular complexity index is 76.2. The van der Waals surface area contributed by atoms with Gasteiger partial charge < -0.3 is 0 Å². The van der Waals surface area contributed by atoms with Crippen molar-refractivity contribution in [1.29, 1.82) is 0 Å². The largest absolute Gasteiger partial charge is 0.149 e. The third-order valence-electron chi connectivity index (χ3n) is 0.986. The van der Waals surface area contributed by atoms with Gasteiger partial charge in [0.05, 0.1) is 7.74 Å². The van der Waals surface area contributed by atoms with Crippen LogP contribution in [-0.2, 0) is 0 Å². The van der Waals surface area contributed by atoms with Crippen molar-refractivity contribution in [1.82, 2.24) is 0 Å². The van der Waals surface area contributed by atoms with Gasteiger partial charge in [-0.25, -0.2) is 0 Å². The Labute approximate surface area is 63.5 Å². The minimum Gasteiger partial charge on any atom is -0.149 e. The van der Waals surface area contributed by atoms with Gasteiger partial charge in [0.25, 0.3) is 0 Å². The molecule has 0 radical (unpaired) electrons. The van der Waals surface area contributed by atoms with E-state index >= 15 is 0 Å². The third kappa shape index (κ3) is 8.86. The van der Waals surface area contributed by atoms with Crippen molar-refractivity contribution < 1.29 is 0 Å². The molecule has 0 amide bonds. The fourth-order valence-corrected chi connectivity index (χ4v) is 17.8. The molecule has 1 atom stereocenters. The molecule has 0 heterocycles. The van der Waals surface area contributed by atoms with E-state index in [2.05, 4.69) is 41.5 Å². The highest BCUT2D eigenvalue weighted by atomic mass is 31.3. The summed E-state index contributed by atoms with van der Waals surface area (Å²) in [5.41, 5.74) is 1.53. The first kappa shape index (κ1) is 9.86. The quantitative estimate of drug-likeness (QED) is 0.450. The smallest absolute Gasteiger partial charge is 0.0657 e. The van der Waals surface area contributed by atoms with Gasteiger partial charge in [-0.1, -0.05) is 38.4 Å². The fraction of sp³-hybridized carbons (Fsp3) is 1.00. The van der Waals surface area contributed by atoms with Gasteiger partial charge in [-0.2, -0.15) is 0 Å². The summed E-state index contributed by atoms with van der Waals surface area (Å²) in [6.45, 7) is 12.2. The van der Waals surface area contributed by atoms with Crippen LogP contribution in [0, 0.1) is 0 Å². The fourth-order valence-electron chi connectivity index (χ4n) is 1.37. The molecule has 0 nitrogen and oxygen atoms in total. The highest BCUT2D eigenvalue weighted by molar-refractivity contribution is 7.69. The van der Waals surface area contributed by atoms with Crippen LogP contribution in [-0.4, -0.2) is 15.8 Å². The van der Waals surface area contributed by atoms with Crippen molar-refractivity contribution in [3.63, 3.8) is 0 Å². The zero-order valence-corrected chi connectivity index (χ0v) is 10.4. The van der Waals surface area contributed by atoms with Gasteiger partial charge in [0.1, 0.15) is 0 Å². The van der Waals surface area contributed by atoms with E-state index in [1.54, 1.807) is 0 Å². The monoisotopic (exact) mass is 178 g/mol. The molecule has 0 aliphatic heterocycles. The van der Waals surface area contributed by atoms with Gasteiger partial charge in [0.15, 0.2) is 0 Å². The van der Waals surface area contributed by atoms with Gasteiger partial charge in [-0.3, -0.25) is 0 Å². The second kappa shape index (κ2) is 2.85. The van der Waals surface area contributed by atoms with Crippen LogP contribution in [0.5, 0.6) is 0 Å². The predicted octanol–water partition coefficient (Wildman–Crippen LogP) is 2.94. The van der Waals surface area contributed by atoms with Crippen LogP contribution >= 0.6 is 8.79 Å². The Balaban J connectivity index is 3.75. The Morgan fingerprint density at radius 3 is 1.33 bits per heavy atom. The molecule has 0 rings (SSSR count). The zero-order valence-electron chi connectivity index (χ0n) is 7.28. The Hall–Kier alpha value is 0.864. The van der Waals surface area contributed by atoms with Crippen molar-refractivity contribution in [2.45, 2.75) is 38.4 Å². The second-order valence-corrected chi connectivity index (χ2v) is 19.9. The first-order valence-electron chi connectivity index (χ1n) is 3.50. The molecule has 0 aromatic carbocycles. The highest BCUT2D eigenvalue weighted by Gasteiger charge is 2.23. The van der Waals surface area contributed by atoms with Crippen LogP contribution < -0.4 is 0 Å². The van der Waals surface area contributed by atoms with Gasteiger partial charge in [-0.05, 0) is 0 Å². The molecule has 0 saturated heterocycles. The minimum absolute atomic E-state index is 0.752. The van der Waals surface area contributed by atoms with Crippen molar-refractivity contribution >= 4 is 24.6 Å². The maximum absolute atomic E-state index is 3.05. The third-order valence-corrected chi connectivity index (χ3v) is 10.7. The maximum atomic E-state index is 3.05. The van der Waals surface area contributed by atoms with Gasteiger partial charge in [0, 0.05) is 8.07 Å². The van der Waals surface area contributed by atoms with Crippen LogP contribution in [0.25, 0.3) is 0 Å². The molecule has 0 aliphatic rings. The summed E-state index contributed by atoms with van der Waals surface area (Å²) >= 11 is 0. The number of rotatable bonds is 2. The number of hydrogen-bond donors (Lipinski definition) is 0. The van der Waals surface area contributed by atoms with E-state index in [0.29, 0.717) is 0 Å². The summed E-state index contributed by atoms with van der Waals surface area (Å²) in [5, 5.41) is 0. The Kier molecular flexibility index (Phi) is 3.13. The minimum atomic E-state index is -0.814. The zero-order chi connectivity index (χ0) is 7.71. The van der Waals surface area contributed by atoms with Crippen LogP contribution in [0.1, 0.15) is 0 Å². The van der Waals surface area contributed by atoms with E-state index in [0.717, 1.165) is 0 Å². The molecular weight excluding hydrogens is 159 g/mol. The van der Waals surface area contributed by atoms with Crippen LogP contribution in [0.2, 0.25) is 38.4 Å². The maximum Gasteiger partial charge on any atom is 0.0657 e. The lowest BCUT2D eigenvalue weighted by atomic mass is 11.7. The topological polar surface area (TPSA) is 0 Å². The van der Waals surface area contributed by atoms with Crippen molar-refractivity contribution in [3.05, 3.63) is 0 Å². The summed E-state index contributed by atoms with van der Waals surface area (Å²) in [4.78, 5) is 0. The molecule has 3 heteroatoms. The SMILES string of the molecule is C[Si](C)(C)C[Si](C)(C)P. The lowest BCUT2D eigenvalue weighted by Crippen LogP contribution is -2.32. The Morgan fingerprint density at radius 1 is 1.00 bits per heavy atom. The van der Waals surface area contributed by atoms with E-state index in [9.17, 15) is 0 Å². The van der Waals surface area contributed by atoms with E-state index < -0.39 is 15.8 Å². The van der Waals surface area contributed by atoms with Gasteiger partial charge in [-0.15, -0.1) is 8.79 Å². The summed E-state index contributed by atoms with van der Waals surface area (Å²) in [6, 6.07) is 0. The Morgan fingerprint density at radius 2 is 1.33 bits per heavy atom. The van der Waals surface area contributed by atoms with Crippen LogP contribution in [0.15, 0.2) is 0 Å². The van der Waals surface area contributed by atoms with E-state index in [-0.39, 0.29) is 0 Å². The van der Waals surface area contributed by atoms with Gasteiger partial charge in [0.2, 0.25) is 0 Å². The first-order chi connectivity index (χ1) is 3.71. The van der Waals surface area contributed by atoms with E-state index in [1.807, 2.05) is 0 Å². The van der Waals surface area contributed by atoms with Gasteiger partial charge >= 0.3 is 0 Å². The molecule has 1 unspecified atom stereocenters.